The largest absolute Gasteiger partial charge is 0.378 e. The minimum absolute atomic E-state index is 0.131. The fourth-order valence-corrected chi connectivity index (χ4v) is 4.13. The minimum Gasteiger partial charge on any atom is -0.378 e. The van der Waals surface area contributed by atoms with E-state index in [1.807, 2.05) is 26.0 Å². The van der Waals surface area contributed by atoms with Gasteiger partial charge in [-0.2, -0.15) is 0 Å². The van der Waals surface area contributed by atoms with Gasteiger partial charge in [0, 0.05) is 24.3 Å². The highest BCUT2D eigenvalue weighted by Crippen LogP contribution is 2.20. The van der Waals surface area contributed by atoms with Crippen LogP contribution in [0.15, 0.2) is 42.5 Å². The molecule has 166 valence electrons. The first-order valence-electron chi connectivity index (χ1n) is 9.97. The quantitative estimate of drug-likeness (QED) is 0.735. The molecular formula is C22H27N3O5S. The number of nitrogens with zero attached hydrogens (tertiary/aromatic N) is 2. The van der Waals surface area contributed by atoms with E-state index in [2.05, 4.69) is 5.32 Å². The van der Waals surface area contributed by atoms with Crippen LogP contribution >= 0.6 is 0 Å². The molecule has 1 heterocycles. The predicted molar refractivity (Wildman–Crippen MR) is 120 cm³/mol. The van der Waals surface area contributed by atoms with Crippen molar-refractivity contribution < 1.29 is 22.7 Å². The lowest BCUT2D eigenvalue weighted by molar-refractivity contribution is -0.114. The molecule has 0 bridgehead atoms. The highest BCUT2D eigenvalue weighted by atomic mass is 32.2. The van der Waals surface area contributed by atoms with Gasteiger partial charge in [0.25, 0.3) is 5.91 Å². The Morgan fingerprint density at radius 2 is 1.68 bits per heavy atom. The molecule has 1 aliphatic rings. The van der Waals surface area contributed by atoms with Gasteiger partial charge in [-0.25, -0.2) is 8.42 Å². The molecule has 2 aromatic carbocycles. The number of carbonyl (C=O) groups is 2. The number of nitrogens with one attached hydrogen (secondary N) is 1. The number of sulfonamides is 1. The van der Waals surface area contributed by atoms with E-state index in [1.165, 1.54) is 12.1 Å². The smallest absolute Gasteiger partial charge is 0.254 e. The summed E-state index contributed by atoms with van der Waals surface area (Å²) < 4.78 is 31.0. The highest BCUT2D eigenvalue weighted by molar-refractivity contribution is 7.92. The van der Waals surface area contributed by atoms with Crippen LogP contribution < -0.4 is 9.62 Å². The monoisotopic (exact) mass is 445 g/mol. The van der Waals surface area contributed by atoms with Crippen molar-refractivity contribution >= 4 is 33.2 Å². The molecule has 1 N–H and O–H groups in total. The third-order valence-electron chi connectivity index (χ3n) is 5.18. The van der Waals surface area contributed by atoms with Crippen LogP contribution in [-0.2, 0) is 19.6 Å². The van der Waals surface area contributed by atoms with Crippen LogP contribution in [0.25, 0.3) is 0 Å². The number of anilines is 2. The molecule has 1 fully saturated rings. The number of carbonyl (C=O) groups excluding carboxylic acids is 2. The summed E-state index contributed by atoms with van der Waals surface area (Å²) in [6.07, 6.45) is 1.04. The molecule has 2 amide bonds. The first kappa shape index (κ1) is 22.8. The summed E-state index contributed by atoms with van der Waals surface area (Å²) in [4.78, 5) is 26.8. The molecule has 0 spiro atoms. The average molecular weight is 446 g/mol. The van der Waals surface area contributed by atoms with E-state index in [0.717, 1.165) is 21.7 Å². The third kappa shape index (κ3) is 5.83. The molecule has 9 heteroatoms. The van der Waals surface area contributed by atoms with Crippen molar-refractivity contribution in [1.29, 1.82) is 0 Å². The Kier molecular flexibility index (Phi) is 6.97. The van der Waals surface area contributed by atoms with E-state index in [1.54, 1.807) is 23.1 Å². The molecule has 3 rings (SSSR count). The number of amides is 2. The minimum atomic E-state index is -3.71. The van der Waals surface area contributed by atoms with Gasteiger partial charge in [0.2, 0.25) is 15.9 Å². The van der Waals surface area contributed by atoms with Gasteiger partial charge in [-0.1, -0.05) is 6.07 Å². The van der Waals surface area contributed by atoms with E-state index in [9.17, 15) is 18.0 Å². The molecule has 31 heavy (non-hydrogen) atoms. The Labute approximate surface area is 182 Å². The number of hydrogen-bond donors (Lipinski definition) is 1. The fourth-order valence-electron chi connectivity index (χ4n) is 3.27. The van der Waals surface area contributed by atoms with Gasteiger partial charge in [0.05, 0.1) is 25.2 Å². The second-order valence-corrected chi connectivity index (χ2v) is 9.48. The lowest BCUT2D eigenvalue weighted by atomic mass is 10.1. The SMILES string of the molecule is Cc1ccc(NC(=O)CN(c2ccc(C(=O)N3CCOCC3)cc2)S(C)(=O)=O)cc1C. The zero-order valence-electron chi connectivity index (χ0n) is 17.9. The standard InChI is InChI=1S/C22H27N3O5S/c1-16-4-7-19(14-17(16)2)23-21(26)15-25(31(3,28)29)20-8-5-18(6-9-20)22(27)24-10-12-30-13-11-24/h4-9,14H,10-13,15H2,1-3H3,(H,23,26). The Bertz CT molecular complexity index is 1060. The van der Waals surface area contributed by atoms with Gasteiger partial charge in [-0.3, -0.25) is 13.9 Å². The first-order chi connectivity index (χ1) is 14.6. The second-order valence-electron chi connectivity index (χ2n) is 7.57. The van der Waals surface area contributed by atoms with Gasteiger partial charge >= 0.3 is 0 Å². The molecule has 2 aromatic rings. The van der Waals surface area contributed by atoms with Crippen molar-refractivity contribution in [3.63, 3.8) is 0 Å². The summed E-state index contributed by atoms with van der Waals surface area (Å²) in [5.41, 5.74) is 3.50. The van der Waals surface area contributed by atoms with E-state index in [-0.39, 0.29) is 12.5 Å². The maximum absolute atomic E-state index is 12.6. The van der Waals surface area contributed by atoms with Crippen LogP contribution in [0.3, 0.4) is 0 Å². The van der Waals surface area contributed by atoms with Crippen molar-refractivity contribution in [1.82, 2.24) is 4.90 Å². The summed E-state index contributed by atoms with van der Waals surface area (Å²) in [6, 6.07) is 11.7. The molecule has 0 aromatic heterocycles. The second kappa shape index (κ2) is 9.49. The van der Waals surface area contributed by atoms with Gasteiger partial charge < -0.3 is 15.0 Å². The number of morpholine rings is 1. The van der Waals surface area contributed by atoms with Crippen molar-refractivity contribution in [3.8, 4) is 0 Å². The van der Waals surface area contributed by atoms with Crippen molar-refractivity contribution in [2.75, 3.05) is 48.7 Å². The zero-order chi connectivity index (χ0) is 22.6. The summed E-state index contributed by atoms with van der Waals surface area (Å²) >= 11 is 0. The molecule has 1 aliphatic heterocycles. The number of rotatable bonds is 6. The molecule has 0 saturated carbocycles. The molecule has 0 aliphatic carbocycles. The summed E-state index contributed by atoms with van der Waals surface area (Å²) in [5, 5.41) is 2.74. The van der Waals surface area contributed by atoms with Crippen LogP contribution in [0.1, 0.15) is 21.5 Å². The Morgan fingerprint density at radius 1 is 1.03 bits per heavy atom. The molecule has 0 atom stereocenters. The van der Waals surface area contributed by atoms with Crippen LogP contribution in [0.5, 0.6) is 0 Å². The maximum atomic E-state index is 12.6. The number of aryl methyl sites for hydroxylation is 2. The first-order valence-corrected chi connectivity index (χ1v) is 11.8. The van der Waals surface area contributed by atoms with Crippen LogP contribution in [0, 0.1) is 13.8 Å². The Hall–Kier alpha value is -2.91. The molecule has 0 unspecified atom stereocenters. The van der Waals surface area contributed by atoms with Crippen LogP contribution in [-0.4, -0.2) is 64.2 Å². The fraction of sp³-hybridized carbons (Fsp3) is 0.364. The van der Waals surface area contributed by atoms with Crippen molar-refractivity contribution in [2.45, 2.75) is 13.8 Å². The van der Waals surface area contributed by atoms with E-state index in [0.29, 0.717) is 43.2 Å². The van der Waals surface area contributed by atoms with E-state index < -0.39 is 15.9 Å². The number of hydrogen-bond acceptors (Lipinski definition) is 5. The van der Waals surface area contributed by atoms with Crippen molar-refractivity contribution in [2.24, 2.45) is 0 Å². The maximum Gasteiger partial charge on any atom is 0.254 e. The molecule has 1 saturated heterocycles. The molecule has 0 radical (unpaired) electrons. The average Bonchev–Trinajstić information content (AvgIpc) is 2.74. The predicted octanol–water partition coefficient (Wildman–Crippen LogP) is 2.18. The van der Waals surface area contributed by atoms with Gasteiger partial charge in [-0.15, -0.1) is 0 Å². The topological polar surface area (TPSA) is 96.0 Å². The lowest BCUT2D eigenvalue weighted by Gasteiger charge is -2.27. The Morgan fingerprint density at radius 3 is 2.26 bits per heavy atom. The number of ether oxygens (including phenoxy) is 1. The molecule has 8 nitrogen and oxygen atoms in total. The number of benzene rings is 2. The van der Waals surface area contributed by atoms with Gasteiger partial charge in [-0.05, 0) is 61.4 Å². The molecular weight excluding hydrogens is 418 g/mol. The van der Waals surface area contributed by atoms with Crippen LogP contribution in [0.4, 0.5) is 11.4 Å². The normalized spacial score (nSPS) is 14.2. The summed E-state index contributed by atoms with van der Waals surface area (Å²) in [7, 11) is -3.71. The summed E-state index contributed by atoms with van der Waals surface area (Å²) in [6.45, 7) is 5.59. The van der Waals surface area contributed by atoms with Crippen molar-refractivity contribution in [3.05, 3.63) is 59.2 Å². The summed E-state index contributed by atoms with van der Waals surface area (Å²) in [5.74, 6) is -0.588. The zero-order valence-corrected chi connectivity index (χ0v) is 18.7. The van der Waals surface area contributed by atoms with Gasteiger partial charge in [0.1, 0.15) is 6.54 Å². The van der Waals surface area contributed by atoms with Crippen LogP contribution in [0.2, 0.25) is 0 Å². The van der Waals surface area contributed by atoms with E-state index >= 15 is 0 Å². The highest BCUT2D eigenvalue weighted by Gasteiger charge is 2.23. The Balaban J connectivity index is 1.73. The third-order valence-corrected chi connectivity index (χ3v) is 6.32. The van der Waals surface area contributed by atoms with Gasteiger partial charge in [0.15, 0.2) is 0 Å². The van der Waals surface area contributed by atoms with E-state index in [4.69, 9.17) is 4.74 Å². The lowest BCUT2D eigenvalue weighted by Crippen LogP contribution is -2.40.